The van der Waals surface area contributed by atoms with Gasteiger partial charge < -0.3 is 19.3 Å². The molecule has 0 saturated carbocycles. The fraction of sp³-hybridized carbons (Fsp3) is 0.158. The lowest BCUT2D eigenvalue weighted by Crippen LogP contribution is -2.01. The number of hydrogen-bond acceptors (Lipinski definition) is 6. The van der Waals surface area contributed by atoms with Crippen LogP contribution >= 0.6 is 0 Å². The Bertz CT molecular complexity index is 870. The monoisotopic (exact) mass is 342 g/mol. The van der Waals surface area contributed by atoms with Crippen LogP contribution < -0.4 is 19.6 Å². The van der Waals surface area contributed by atoms with E-state index in [4.69, 9.17) is 14.2 Å². The summed E-state index contributed by atoms with van der Waals surface area (Å²) in [6, 6.07) is 8.93. The summed E-state index contributed by atoms with van der Waals surface area (Å²) in [5, 5.41) is 9.85. The van der Waals surface area contributed by atoms with Gasteiger partial charge in [-0.25, -0.2) is 0 Å². The van der Waals surface area contributed by atoms with Crippen LogP contribution in [0, 0.1) is 0 Å². The van der Waals surface area contributed by atoms with Crippen molar-refractivity contribution in [2.75, 3.05) is 21.3 Å². The Morgan fingerprint density at radius 1 is 0.960 bits per heavy atom. The van der Waals surface area contributed by atoms with E-state index in [0.29, 0.717) is 22.8 Å². The largest absolute Gasteiger partial charge is 0.504 e. The van der Waals surface area contributed by atoms with Gasteiger partial charge in [-0.1, -0.05) is 12.1 Å². The Balaban J connectivity index is 2.44. The molecule has 0 spiro atoms. The van der Waals surface area contributed by atoms with Crippen molar-refractivity contribution >= 4 is 11.9 Å². The minimum atomic E-state index is -0.620. The van der Waals surface area contributed by atoms with Crippen LogP contribution in [0.3, 0.4) is 0 Å². The maximum absolute atomic E-state index is 12.3. The predicted octanol–water partition coefficient (Wildman–Crippen LogP) is 2.67. The van der Waals surface area contributed by atoms with E-state index in [-0.39, 0.29) is 5.56 Å². The summed E-state index contributed by atoms with van der Waals surface area (Å²) in [5.74, 6) is 0.196. The van der Waals surface area contributed by atoms with Crippen molar-refractivity contribution in [3.63, 3.8) is 0 Å². The molecule has 2 aromatic rings. The molecule has 25 heavy (non-hydrogen) atoms. The molecular formula is C19H18O6. The second-order valence-corrected chi connectivity index (χ2v) is 4.97. The van der Waals surface area contributed by atoms with E-state index in [1.807, 2.05) is 0 Å². The van der Waals surface area contributed by atoms with E-state index in [0.717, 1.165) is 0 Å². The normalized spacial score (nSPS) is 10.5. The lowest BCUT2D eigenvalue weighted by molar-refractivity contribution is 0.104. The number of ketones is 1. The van der Waals surface area contributed by atoms with Crippen molar-refractivity contribution in [1.82, 2.24) is 0 Å². The molecule has 0 amide bonds. The van der Waals surface area contributed by atoms with Gasteiger partial charge in [-0.15, -0.1) is 0 Å². The van der Waals surface area contributed by atoms with Gasteiger partial charge in [-0.3, -0.25) is 9.59 Å². The third kappa shape index (κ3) is 3.80. The van der Waals surface area contributed by atoms with Gasteiger partial charge >= 0.3 is 0 Å². The number of benzene rings is 1. The highest BCUT2D eigenvalue weighted by Crippen LogP contribution is 2.40. The Hall–Kier alpha value is -3.28. The number of rotatable bonds is 6. The number of allylic oxidation sites excluding steroid dienone is 1. The molecule has 6 nitrogen and oxygen atoms in total. The first kappa shape index (κ1) is 18.1. The topological polar surface area (TPSA) is 82.1 Å². The van der Waals surface area contributed by atoms with Crippen LogP contribution in [0.4, 0.5) is 0 Å². The zero-order valence-corrected chi connectivity index (χ0v) is 14.1. The number of aromatic hydroxyl groups is 1. The van der Waals surface area contributed by atoms with Crippen molar-refractivity contribution in [3.8, 4) is 23.0 Å². The average Bonchev–Trinajstić information content (AvgIpc) is 2.80. The van der Waals surface area contributed by atoms with Crippen molar-refractivity contribution in [2.45, 2.75) is 0 Å². The molecule has 0 aromatic heterocycles. The van der Waals surface area contributed by atoms with Crippen LogP contribution in [0.1, 0.15) is 15.9 Å². The maximum Gasteiger partial charge on any atom is 0.220 e. The zero-order chi connectivity index (χ0) is 18.4. The molecule has 0 atom stereocenters. The van der Waals surface area contributed by atoms with Gasteiger partial charge in [0.25, 0.3) is 0 Å². The first-order chi connectivity index (χ1) is 12.0. The van der Waals surface area contributed by atoms with E-state index in [1.54, 1.807) is 12.1 Å². The third-order valence-electron chi connectivity index (χ3n) is 3.52. The quantitative estimate of drug-likeness (QED) is 0.642. The molecule has 1 N–H and O–H groups in total. The summed E-state index contributed by atoms with van der Waals surface area (Å²) in [6.45, 7) is 0. The summed E-state index contributed by atoms with van der Waals surface area (Å²) in [4.78, 5) is 23.9. The number of carbonyl (C=O) groups excluding carboxylic acids is 1. The van der Waals surface area contributed by atoms with Crippen molar-refractivity contribution in [3.05, 3.63) is 63.8 Å². The Morgan fingerprint density at radius 3 is 2.28 bits per heavy atom. The number of ether oxygens (including phenoxy) is 3. The highest BCUT2D eigenvalue weighted by Gasteiger charge is 2.15. The Labute approximate surface area is 144 Å². The molecule has 0 heterocycles. The van der Waals surface area contributed by atoms with Crippen LogP contribution in [0.15, 0.2) is 47.3 Å². The first-order valence-corrected chi connectivity index (χ1v) is 7.37. The second-order valence-electron chi connectivity index (χ2n) is 4.97. The van der Waals surface area contributed by atoms with E-state index in [2.05, 4.69) is 0 Å². The number of methoxy groups -OCH3 is 3. The lowest BCUT2D eigenvalue weighted by atomic mass is 10.1. The minimum absolute atomic E-state index is 0.0781. The van der Waals surface area contributed by atoms with Crippen molar-refractivity contribution in [1.29, 1.82) is 0 Å². The molecule has 0 saturated heterocycles. The molecule has 0 radical (unpaired) electrons. The van der Waals surface area contributed by atoms with E-state index in [9.17, 15) is 14.7 Å². The smallest absolute Gasteiger partial charge is 0.220 e. The predicted molar refractivity (Wildman–Crippen MR) is 93.8 cm³/mol. The molecule has 2 aromatic carbocycles. The summed E-state index contributed by atoms with van der Waals surface area (Å²) < 4.78 is 15.8. The van der Waals surface area contributed by atoms with E-state index in [1.165, 1.54) is 57.7 Å². The van der Waals surface area contributed by atoms with Crippen LogP contribution in [-0.2, 0) is 0 Å². The molecule has 0 bridgehead atoms. The van der Waals surface area contributed by atoms with Crippen LogP contribution in [-0.4, -0.2) is 32.2 Å². The van der Waals surface area contributed by atoms with E-state index < -0.39 is 17.0 Å². The summed E-state index contributed by atoms with van der Waals surface area (Å²) in [6.07, 6.45) is 2.76. The molecule has 0 aliphatic rings. The number of hydrogen-bond donors (Lipinski definition) is 1. The molecule has 0 aliphatic heterocycles. The summed E-state index contributed by atoms with van der Waals surface area (Å²) in [7, 11) is 4.47. The van der Waals surface area contributed by atoms with Crippen LogP contribution in [0.25, 0.3) is 6.08 Å². The maximum atomic E-state index is 12.3. The molecule has 130 valence electrons. The van der Waals surface area contributed by atoms with Gasteiger partial charge in [0.05, 0.1) is 26.9 Å². The van der Waals surface area contributed by atoms with E-state index >= 15 is 0 Å². The highest BCUT2D eigenvalue weighted by atomic mass is 16.5. The van der Waals surface area contributed by atoms with Gasteiger partial charge in [-0.2, -0.15) is 0 Å². The van der Waals surface area contributed by atoms with Gasteiger partial charge in [0, 0.05) is 5.56 Å². The minimum Gasteiger partial charge on any atom is -0.504 e. The second kappa shape index (κ2) is 8.01. The summed E-state index contributed by atoms with van der Waals surface area (Å²) >= 11 is 0. The van der Waals surface area contributed by atoms with Crippen LogP contribution in [0.5, 0.6) is 23.0 Å². The highest BCUT2D eigenvalue weighted by molar-refractivity contribution is 6.08. The number of carbonyl (C=O) groups is 1. The Morgan fingerprint density at radius 2 is 1.64 bits per heavy atom. The molecule has 6 heteroatoms. The average molecular weight is 342 g/mol. The first-order valence-electron chi connectivity index (χ1n) is 7.37. The summed E-state index contributed by atoms with van der Waals surface area (Å²) in [5.41, 5.74) is -0.119. The third-order valence-corrected chi connectivity index (χ3v) is 3.52. The Kier molecular flexibility index (Phi) is 5.79. The van der Waals surface area contributed by atoms with Crippen molar-refractivity contribution < 1.29 is 24.1 Å². The molecular weight excluding hydrogens is 324 g/mol. The standard InChI is InChI=1S/C19H18O6/c1-23-16-11-9-12(18(24-2)19(16)25-3)8-10-14(20)13-6-4-5-7-15(21)17(13)22/h4-11H,1-3H3,(H,21,22)/b10-8+. The lowest BCUT2D eigenvalue weighted by Gasteiger charge is -2.13. The molecule has 0 unspecified atom stereocenters. The SMILES string of the molecule is COc1ccc(/C=C/C(=O)c2ccccc(=O)c2O)c(OC)c1OC. The fourth-order valence-corrected chi connectivity index (χ4v) is 2.30. The van der Waals surface area contributed by atoms with Crippen molar-refractivity contribution in [2.24, 2.45) is 0 Å². The molecule has 0 aliphatic carbocycles. The molecule has 0 fully saturated rings. The molecule has 2 rings (SSSR count). The van der Waals surface area contributed by atoms with Gasteiger partial charge in [0.15, 0.2) is 23.0 Å². The van der Waals surface area contributed by atoms with Gasteiger partial charge in [0.2, 0.25) is 11.2 Å². The van der Waals surface area contributed by atoms with Gasteiger partial charge in [-0.05, 0) is 36.4 Å². The van der Waals surface area contributed by atoms with Gasteiger partial charge in [0.1, 0.15) is 0 Å². The van der Waals surface area contributed by atoms with Crippen LogP contribution in [0.2, 0.25) is 0 Å². The fourth-order valence-electron chi connectivity index (χ4n) is 2.30. The zero-order valence-electron chi connectivity index (χ0n) is 14.1.